The van der Waals surface area contributed by atoms with Crippen molar-refractivity contribution in [3.8, 4) is 0 Å². The summed E-state index contributed by atoms with van der Waals surface area (Å²) in [6, 6.07) is 0. The van der Waals surface area contributed by atoms with Gasteiger partial charge in [-0.25, -0.2) is 0 Å². The molecule has 2 rings (SSSR count). The van der Waals surface area contributed by atoms with Crippen LogP contribution < -0.4 is 5.73 Å². The summed E-state index contributed by atoms with van der Waals surface area (Å²) in [5.74, 6) is 2.79. The van der Waals surface area contributed by atoms with Gasteiger partial charge in [-0.05, 0) is 49.9 Å². The van der Waals surface area contributed by atoms with Crippen LogP contribution in [0.15, 0.2) is 0 Å². The van der Waals surface area contributed by atoms with E-state index in [4.69, 9.17) is 5.73 Å². The molecule has 0 radical (unpaired) electrons. The molecule has 0 bridgehead atoms. The highest BCUT2D eigenvalue weighted by atomic mass is 14.8. The fourth-order valence-corrected chi connectivity index (χ4v) is 4.42. The van der Waals surface area contributed by atoms with Crippen LogP contribution in [0.3, 0.4) is 0 Å². The SMILES string of the molecule is CCC1CCC(C2(N)CCCC(CC)CC2)CC1. The zero-order chi connectivity index (χ0) is 13.0. The average Bonchev–Trinajstić information content (AvgIpc) is 2.61. The van der Waals surface area contributed by atoms with Crippen molar-refractivity contribution >= 4 is 0 Å². The van der Waals surface area contributed by atoms with Gasteiger partial charge in [0.15, 0.2) is 0 Å². The topological polar surface area (TPSA) is 26.0 Å². The summed E-state index contributed by atoms with van der Waals surface area (Å²) in [6.07, 6.45) is 15.2. The quantitative estimate of drug-likeness (QED) is 0.710. The number of nitrogens with two attached hydrogens (primary N) is 1. The molecule has 106 valence electrons. The van der Waals surface area contributed by atoms with Gasteiger partial charge in [-0.2, -0.15) is 0 Å². The smallest absolute Gasteiger partial charge is 0.0183 e. The van der Waals surface area contributed by atoms with Gasteiger partial charge >= 0.3 is 0 Å². The molecule has 0 aliphatic heterocycles. The fourth-order valence-electron chi connectivity index (χ4n) is 4.42. The molecule has 2 aliphatic rings. The van der Waals surface area contributed by atoms with Gasteiger partial charge < -0.3 is 5.73 Å². The molecule has 2 aliphatic carbocycles. The Bertz CT molecular complexity index is 242. The average molecular weight is 251 g/mol. The Kier molecular flexibility index (Phi) is 5.12. The van der Waals surface area contributed by atoms with Crippen LogP contribution in [0.25, 0.3) is 0 Å². The molecule has 2 unspecified atom stereocenters. The third-order valence-corrected chi connectivity index (χ3v) is 6.09. The lowest BCUT2D eigenvalue weighted by molar-refractivity contribution is 0.153. The third kappa shape index (κ3) is 3.29. The van der Waals surface area contributed by atoms with Crippen LogP contribution in [0.4, 0.5) is 0 Å². The lowest BCUT2D eigenvalue weighted by Gasteiger charge is -2.41. The molecule has 2 fully saturated rings. The monoisotopic (exact) mass is 251 g/mol. The zero-order valence-corrected chi connectivity index (χ0v) is 12.6. The van der Waals surface area contributed by atoms with E-state index in [1.54, 1.807) is 0 Å². The van der Waals surface area contributed by atoms with E-state index in [-0.39, 0.29) is 5.54 Å². The molecule has 18 heavy (non-hydrogen) atoms. The van der Waals surface area contributed by atoms with E-state index in [1.165, 1.54) is 70.6 Å². The maximum Gasteiger partial charge on any atom is 0.0183 e. The highest BCUT2D eigenvalue weighted by Gasteiger charge is 2.38. The summed E-state index contributed by atoms with van der Waals surface area (Å²) in [5, 5.41) is 0. The Balaban J connectivity index is 1.90. The van der Waals surface area contributed by atoms with E-state index in [0.717, 1.165) is 17.8 Å². The van der Waals surface area contributed by atoms with Crippen LogP contribution in [0, 0.1) is 17.8 Å². The molecule has 0 aromatic heterocycles. The Morgan fingerprint density at radius 3 is 2.06 bits per heavy atom. The summed E-state index contributed by atoms with van der Waals surface area (Å²) in [7, 11) is 0. The molecule has 0 aromatic carbocycles. The molecule has 0 aromatic rings. The van der Waals surface area contributed by atoms with E-state index in [2.05, 4.69) is 13.8 Å². The number of rotatable bonds is 3. The first-order valence-electron chi connectivity index (χ1n) is 8.46. The molecule has 0 spiro atoms. The minimum atomic E-state index is 0.197. The molecule has 2 N–H and O–H groups in total. The van der Waals surface area contributed by atoms with E-state index in [1.807, 2.05) is 0 Å². The van der Waals surface area contributed by atoms with Gasteiger partial charge in [-0.1, -0.05) is 52.4 Å². The van der Waals surface area contributed by atoms with Gasteiger partial charge in [0.25, 0.3) is 0 Å². The second-order valence-electron chi connectivity index (χ2n) is 7.06. The van der Waals surface area contributed by atoms with Crippen molar-refractivity contribution in [2.24, 2.45) is 23.5 Å². The van der Waals surface area contributed by atoms with Gasteiger partial charge in [-0.3, -0.25) is 0 Å². The fraction of sp³-hybridized carbons (Fsp3) is 1.00. The van der Waals surface area contributed by atoms with Crippen molar-refractivity contribution in [2.75, 3.05) is 0 Å². The van der Waals surface area contributed by atoms with Crippen molar-refractivity contribution in [2.45, 2.75) is 90.0 Å². The first kappa shape index (κ1) is 14.4. The Labute approximate surface area is 114 Å². The molecule has 0 saturated heterocycles. The Hall–Kier alpha value is -0.0400. The van der Waals surface area contributed by atoms with Crippen LogP contribution >= 0.6 is 0 Å². The largest absolute Gasteiger partial charge is 0.325 e. The van der Waals surface area contributed by atoms with E-state index >= 15 is 0 Å². The minimum Gasteiger partial charge on any atom is -0.325 e. The van der Waals surface area contributed by atoms with Crippen LogP contribution in [0.2, 0.25) is 0 Å². The second-order valence-corrected chi connectivity index (χ2v) is 7.06. The lowest BCUT2D eigenvalue weighted by atomic mass is 9.68. The van der Waals surface area contributed by atoms with E-state index < -0.39 is 0 Å². The molecule has 0 heterocycles. The normalized spacial score (nSPS) is 42.5. The summed E-state index contributed by atoms with van der Waals surface area (Å²) < 4.78 is 0. The summed E-state index contributed by atoms with van der Waals surface area (Å²) in [5.41, 5.74) is 7.03. The highest BCUT2D eigenvalue weighted by Crippen LogP contribution is 2.42. The van der Waals surface area contributed by atoms with Gasteiger partial charge in [0.2, 0.25) is 0 Å². The van der Waals surface area contributed by atoms with Crippen molar-refractivity contribution in [3.63, 3.8) is 0 Å². The van der Waals surface area contributed by atoms with Crippen molar-refractivity contribution in [1.29, 1.82) is 0 Å². The molecule has 0 amide bonds. The van der Waals surface area contributed by atoms with Crippen molar-refractivity contribution in [1.82, 2.24) is 0 Å². The molecular formula is C17H33N. The van der Waals surface area contributed by atoms with E-state index in [0.29, 0.717) is 0 Å². The minimum absolute atomic E-state index is 0.197. The molecule has 2 saturated carbocycles. The van der Waals surface area contributed by atoms with Crippen LogP contribution in [-0.4, -0.2) is 5.54 Å². The number of hydrogen-bond donors (Lipinski definition) is 1. The van der Waals surface area contributed by atoms with E-state index in [9.17, 15) is 0 Å². The third-order valence-electron chi connectivity index (χ3n) is 6.09. The van der Waals surface area contributed by atoms with Crippen LogP contribution in [0.1, 0.15) is 84.5 Å². The zero-order valence-electron chi connectivity index (χ0n) is 12.6. The highest BCUT2D eigenvalue weighted by molar-refractivity contribution is 4.95. The Morgan fingerprint density at radius 2 is 1.44 bits per heavy atom. The molecule has 1 heteroatoms. The first-order valence-corrected chi connectivity index (χ1v) is 8.46. The first-order chi connectivity index (χ1) is 8.68. The molecular weight excluding hydrogens is 218 g/mol. The Morgan fingerprint density at radius 1 is 0.833 bits per heavy atom. The summed E-state index contributed by atoms with van der Waals surface area (Å²) in [4.78, 5) is 0. The van der Waals surface area contributed by atoms with Gasteiger partial charge in [0.1, 0.15) is 0 Å². The summed E-state index contributed by atoms with van der Waals surface area (Å²) in [6.45, 7) is 4.70. The van der Waals surface area contributed by atoms with Crippen molar-refractivity contribution in [3.05, 3.63) is 0 Å². The van der Waals surface area contributed by atoms with Gasteiger partial charge in [0.05, 0.1) is 0 Å². The van der Waals surface area contributed by atoms with Crippen molar-refractivity contribution < 1.29 is 0 Å². The van der Waals surface area contributed by atoms with Gasteiger partial charge in [-0.15, -0.1) is 0 Å². The molecule has 1 nitrogen and oxygen atoms in total. The van der Waals surface area contributed by atoms with Crippen LogP contribution in [0.5, 0.6) is 0 Å². The number of hydrogen-bond acceptors (Lipinski definition) is 1. The standard InChI is InChI=1S/C17H33N/c1-3-14-6-5-12-17(18,13-11-14)16-9-7-15(4-2)8-10-16/h14-16H,3-13,18H2,1-2H3. The maximum absolute atomic E-state index is 6.84. The van der Waals surface area contributed by atoms with Gasteiger partial charge in [0, 0.05) is 5.54 Å². The predicted octanol–water partition coefficient (Wildman–Crippen LogP) is 4.89. The van der Waals surface area contributed by atoms with Crippen LogP contribution in [-0.2, 0) is 0 Å². The maximum atomic E-state index is 6.84. The predicted molar refractivity (Wildman–Crippen MR) is 79.5 cm³/mol. The molecule has 2 atom stereocenters. The second kappa shape index (κ2) is 6.41. The lowest BCUT2D eigenvalue weighted by Crippen LogP contribution is -2.48. The summed E-state index contributed by atoms with van der Waals surface area (Å²) >= 11 is 0.